The second-order valence-electron chi connectivity index (χ2n) is 4.66. The third kappa shape index (κ3) is 5.83. The highest BCUT2D eigenvalue weighted by Crippen LogP contribution is 2.06. The van der Waals surface area contributed by atoms with E-state index in [0.717, 1.165) is 11.0 Å². The molecular formula is C15H26N4. The Morgan fingerprint density at radius 1 is 1.05 bits per heavy atom. The normalized spacial score (nSPS) is 10.3. The van der Waals surface area contributed by atoms with E-state index in [1.807, 2.05) is 31.3 Å². The van der Waals surface area contributed by atoms with Crippen molar-refractivity contribution in [3.8, 4) is 0 Å². The molecule has 0 atom stereocenters. The Kier molecular flexibility index (Phi) is 7.82. The van der Waals surface area contributed by atoms with E-state index in [4.69, 9.17) is 0 Å². The molecule has 19 heavy (non-hydrogen) atoms. The highest BCUT2D eigenvalue weighted by atomic mass is 15.4. The number of nitrogens with one attached hydrogen (secondary N) is 1. The summed E-state index contributed by atoms with van der Waals surface area (Å²) in [6, 6.07) is 7.88. The molecule has 1 aromatic heterocycles. The van der Waals surface area contributed by atoms with Crippen LogP contribution in [0.4, 0.5) is 0 Å². The highest BCUT2D eigenvalue weighted by Gasteiger charge is 1.95. The van der Waals surface area contributed by atoms with Crippen molar-refractivity contribution in [2.24, 2.45) is 7.05 Å². The van der Waals surface area contributed by atoms with Crippen molar-refractivity contribution in [2.45, 2.75) is 39.5 Å². The molecule has 0 fully saturated rings. The lowest BCUT2D eigenvalue weighted by atomic mass is 10.3. The number of nitrogens with zero attached hydrogens (tertiary/aromatic N) is 3. The SMILES string of the molecule is CCCCNCCCC.Cn1nnc2ccccc21. The van der Waals surface area contributed by atoms with E-state index in [2.05, 4.69) is 29.5 Å². The van der Waals surface area contributed by atoms with Gasteiger partial charge in [0.15, 0.2) is 0 Å². The third-order valence-corrected chi connectivity index (χ3v) is 2.93. The molecule has 2 rings (SSSR count). The first kappa shape index (κ1) is 15.6. The van der Waals surface area contributed by atoms with Gasteiger partial charge in [0, 0.05) is 7.05 Å². The minimum absolute atomic E-state index is 0.949. The minimum Gasteiger partial charge on any atom is -0.317 e. The average Bonchev–Trinajstić information content (AvgIpc) is 2.82. The van der Waals surface area contributed by atoms with Crippen molar-refractivity contribution in [1.82, 2.24) is 20.3 Å². The lowest BCUT2D eigenvalue weighted by Crippen LogP contribution is -2.15. The van der Waals surface area contributed by atoms with Gasteiger partial charge in [-0.2, -0.15) is 0 Å². The summed E-state index contributed by atoms with van der Waals surface area (Å²) in [5, 5.41) is 11.2. The van der Waals surface area contributed by atoms with E-state index < -0.39 is 0 Å². The van der Waals surface area contributed by atoms with Gasteiger partial charge in [0.05, 0.1) is 5.52 Å². The van der Waals surface area contributed by atoms with Crippen LogP contribution in [0.5, 0.6) is 0 Å². The molecule has 4 nitrogen and oxygen atoms in total. The summed E-state index contributed by atoms with van der Waals surface area (Å²) in [4.78, 5) is 0. The minimum atomic E-state index is 0.949. The van der Waals surface area contributed by atoms with Crippen molar-refractivity contribution in [3.63, 3.8) is 0 Å². The molecule has 0 spiro atoms. The number of benzene rings is 1. The second kappa shape index (κ2) is 9.50. The van der Waals surface area contributed by atoms with Crippen LogP contribution in [0.2, 0.25) is 0 Å². The van der Waals surface area contributed by atoms with Crippen LogP contribution >= 0.6 is 0 Å². The number of rotatable bonds is 6. The Morgan fingerprint density at radius 2 is 1.68 bits per heavy atom. The number of hydrogen-bond donors (Lipinski definition) is 1. The fourth-order valence-electron chi connectivity index (χ4n) is 1.71. The van der Waals surface area contributed by atoms with Gasteiger partial charge in [-0.3, -0.25) is 0 Å². The second-order valence-corrected chi connectivity index (χ2v) is 4.66. The van der Waals surface area contributed by atoms with Crippen molar-refractivity contribution in [3.05, 3.63) is 24.3 Å². The molecule has 0 aliphatic rings. The summed E-state index contributed by atoms with van der Waals surface area (Å²) < 4.78 is 1.76. The number of unbranched alkanes of at least 4 members (excludes halogenated alkanes) is 2. The predicted molar refractivity (Wildman–Crippen MR) is 81.2 cm³/mol. The maximum atomic E-state index is 3.93. The molecule has 0 unspecified atom stereocenters. The fraction of sp³-hybridized carbons (Fsp3) is 0.600. The molecule has 4 heteroatoms. The summed E-state index contributed by atoms with van der Waals surface area (Å²) >= 11 is 0. The van der Waals surface area contributed by atoms with Gasteiger partial charge in [0.25, 0.3) is 0 Å². The first-order valence-corrected chi connectivity index (χ1v) is 7.24. The van der Waals surface area contributed by atoms with Crippen LogP contribution < -0.4 is 5.32 Å². The highest BCUT2D eigenvalue weighted by molar-refractivity contribution is 5.73. The van der Waals surface area contributed by atoms with E-state index in [0.29, 0.717) is 0 Å². The van der Waals surface area contributed by atoms with E-state index in [9.17, 15) is 0 Å². The zero-order valence-corrected chi connectivity index (χ0v) is 12.4. The molecule has 0 bridgehead atoms. The standard InChI is InChI=1S/C8H19N.C7H7N3/c1-3-5-7-9-8-6-4-2;1-10-7-5-3-2-4-6(7)8-9-10/h9H,3-8H2,1-2H3;2-5H,1H3. The number of hydrogen-bond acceptors (Lipinski definition) is 3. The van der Waals surface area contributed by atoms with Gasteiger partial charge in [0.1, 0.15) is 5.52 Å². The summed E-state index contributed by atoms with van der Waals surface area (Å²) in [6.07, 6.45) is 5.26. The van der Waals surface area contributed by atoms with Crippen LogP contribution in [0.1, 0.15) is 39.5 Å². The lowest BCUT2D eigenvalue weighted by molar-refractivity contribution is 0.611. The van der Waals surface area contributed by atoms with E-state index in [-0.39, 0.29) is 0 Å². The van der Waals surface area contributed by atoms with Crippen LogP contribution in [0.15, 0.2) is 24.3 Å². The van der Waals surface area contributed by atoms with Gasteiger partial charge in [0.2, 0.25) is 0 Å². The molecular weight excluding hydrogens is 236 g/mol. The number of aromatic nitrogens is 3. The Balaban J connectivity index is 0.000000192. The number of fused-ring (bicyclic) bond motifs is 1. The molecule has 106 valence electrons. The average molecular weight is 262 g/mol. The molecule has 0 radical (unpaired) electrons. The number of aryl methyl sites for hydroxylation is 1. The number of para-hydroxylation sites is 1. The first-order chi connectivity index (χ1) is 9.29. The van der Waals surface area contributed by atoms with Gasteiger partial charge in [-0.25, -0.2) is 4.68 Å². The van der Waals surface area contributed by atoms with Gasteiger partial charge in [-0.1, -0.05) is 44.0 Å². The molecule has 0 aliphatic heterocycles. The van der Waals surface area contributed by atoms with Crippen LogP contribution in [-0.2, 0) is 7.05 Å². The van der Waals surface area contributed by atoms with Crippen LogP contribution in [0, 0.1) is 0 Å². The zero-order chi connectivity index (χ0) is 13.9. The van der Waals surface area contributed by atoms with E-state index >= 15 is 0 Å². The monoisotopic (exact) mass is 262 g/mol. The van der Waals surface area contributed by atoms with Crippen molar-refractivity contribution in [1.29, 1.82) is 0 Å². The summed E-state index contributed by atoms with van der Waals surface area (Å²) in [6.45, 7) is 6.86. The molecule has 2 aromatic rings. The fourth-order valence-corrected chi connectivity index (χ4v) is 1.71. The molecule has 0 saturated heterocycles. The van der Waals surface area contributed by atoms with Crippen molar-refractivity contribution in [2.75, 3.05) is 13.1 Å². The Morgan fingerprint density at radius 3 is 2.26 bits per heavy atom. The maximum absolute atomic E-state index is 3.93. The molecule has 1 N–H and O–H groups in total. The zero-order valence-electron chi connectivity index (χ0n) is 12.4. The Hall–Kier alpha value is -1.42. The largest absolute Gasteiger partial charge is 0.317 e. The van der Waals surface area contributed by atoms with Crippen LogP contribution in [0.3, 0.4) is 0 Å². The van der Waals surface area contributed by atoms with Crippen LogP contribution in [0.25, 0.3) is 11.0 Å². The maximum Gasteiger partial charge on any atom is 0.113 e. The van der Waals surface area contributed by atoms with E-state index in [1.165, 1.54) is 38.8 Å². The Labute approximate surface area is 116 Å². The van der Waals surface area contributed by atoms with Crippen LogP contribution in [-0.4, -0.2) is 28.1 Å². The Bertz CT molecular complexity index is 444. The van der Waals surface area contributed by atoms with Crippen molar-refractivity contribution < 1.29 is 0 Å². The molecule has 1 aromatic carbocycles. The quantitative estimate of drug-likeness (QED) is 0.813. The van der Waals surface area contributed by atoms with Gasteiger partial charge >= 0.3 is 0 Å². The third-order valence-electron chi connectivity index (χ3n) is 2.93. The van der Waals surface area contributed by atoms with E-state index in [1.54, 1.807) is 4.68 Å². The van der Waals surface area contributed by atoms with Crippen molar-refractivity contribution >= 4 is 11.0 Å². The summed E-state index contributed by atoms with van der Waals surface area (Å²) in [5.74, 6) is 0. The molecule has 1 heterocycles. The van der Waals surface area contributed by atoms with Gasteiger partial charge < -0.3 is 5.32 Å². The van der Waals surface area contributed by atoms with Gasteiger partial charge in [-0.15, -0.1) is 5.10 Å². The smallest absolute Gasteiger partial charge is 0.113 e. The first-order valence-electron chi connectivity index (χ1n) is 7.24. The topological polar surface area (TPSA) is 42.7 Å². The molecule has 0 saturated carbocycles. The lowest BCUT2D eigenvalue weighted by Gasteiger charge is -1.99. The van der Waals surface area contributed by atoms with Gasteiger partial charge in [-0.05, 0) is 38.1 Å². The molecule has 0 aliphatic carbocycles. The predicted octanol–water partition coefficient (Wildman–Crippen LogP) is 3.14. The molecule has 0 amide bonds. The summed E-state index contributed by atoms with van der Waals surface area (Å²) in [5.41, 5.74) is 2.02. The summed E-state index contributed by atoms with van der Waals surface area (Å²) in [7, 11) is 1.88.